The summed E-state index contributed by atoms with van der Waals surface area (Å²) in [7, 11) is 0. The van der Waals surface area contributed by atoms with Gasteiger partial charge in [0.1, 0.15) is 11.4 Å². The molecule has 0 amide bonds. The molecule has 0 aliphatic carbocycles. The van der Waals surface area contributed by atoms with Crippen LogP contribution >= 0.6 is 0 Å². The molecule has 18 heavy (non-hydrogen) atoms. The van der Waals surface area contributed by atoms with Crippen molar-refractivity contribution < 1.29 is 5.11 Å². The molecule has 0 aliphatic heterocycles. The molecule has 0 bridgehead atoms. The van der Waals surface area contributed by atoms with E-state index in [0.717, 1.165) is 28.9 Å². The fraction of sp³-hybridized carbons (Fsp3) is 0.400. The predicted molar refractivity (Wildman–Crippen MR) is 73.8 cm³/mol. The summed E-state index contributed by atoms with van der Waals surface area (Å²) >= 11 is 0. The monoisotopic (exact) mass is 244 g/mol. The van der Waals surface area contributed by atoms with Crippen LogP contribution in [0.1, 0.15) is 38.1 Å². The van der Waals surface area contributed by atoms with E-state index in [1.54, 1.807) is 0 Å². The lowest BCUT2D eigenvalue weighted by atomic mass is 10.0. The lowest BCUT2D eigenvalue weighted by molar-refractivity contribution is 0.469. The Morgan fingerprint density at radius 2 is 1.94 bits per heavy atom. The molecular weight excluding hydrogens is 224 g/mol. The van der Waals surface area contributed by atoms with Gasteiger partial charge < -0.3 is 5.11 Å². The standard InChI is InChI=1S/C15H20N2O/c1-5-13-15(18)14(17(16-13)10(2)3)12-9-7-6-8-11(12)4/h6-10,18H,5H2,1-4H3. The Morgan fingerprint density at radius 3 is 2.50 bits per heavy atom. The Hall–Kier alpha value is -1.77. The second kappa shape index (κ2) is 4.84. The van der Waals surface area contributed by atoms with Crippen molar-refractivity contribution >= 4 is 0 Å². The van der Waals surface area contributed by atoms with Crippen molar-refractivity contribution in [2.75, 3.05) is 0 Å². The highest BCUT2D eigenvalue weighted by molar-refractivity contribution is 5.70. The van der Waals surface area contributed by atoms with Gasteiger partial charge in [-0.1, -0.05) is 31.2 Å². The predicted octanol–water partition coefficient (Wildman–Crippen LogP) is 3.71. The van der Waals surface area contributed by atoms with Gasteiger partial charge in [0.25, 0.3) is 0 Å². The van der Waals surface area contributed by atoms with Crippen LogP contribution in [0.3, 0.4) is 0 Å². The minimum atomic E-state index is 0.228. The summed E-state index contributed by atoms with van der Waals surface area (Å²) in [6, 6.07) is 8.31. The average Bonchev–Trinajstić information content (AvgIpc) is 2.67. The first kappa shape index (κ1) is 12.7. The van der Waals surface area contributed by atoms with Crippen LogP contribution in [-0.2, 0) is 6.42 Å². The van der Waals surface area contributed by atoms with Crippen molar-refractivity contribution in [3.8, 4) is 17.0 Å². The molecular formula is C15H20N2O. The number of rotatable bonds is 3. The van der Waals surface area contributed by atoms with Gasteiger partial charge in [-0.3, -0.25) is 4.68 Å². The molecule has 3 nitrogen and oxygen atoms in total. The van der Waals surface area contributed by atoms with Crippen molar-refractivity contribution in [2.45, 2.75) is 40.2 Å². The van der Waals surface area contributed by atoms with Crippen molar-refractivity contribution in [3.63, 3.8) is 0 Å². The van der Waals surface area contributed by atoms with Crippen LogP contribution < -0.4 is 0 Å². The molecule has 1 aromatic carbocycles. The third kappa shape index (κ3) is 2.01. The molecule has 1 aromatic heterocycles. The van der Waals surface area contributed by atoms with Gasteiger partial charge >= 0.3 is 0 Å². The first-order valence-electron chi connectivity index (χ1n) is 6.42. The Labute approximate surface area is 108 Å². The normalized spacial score (nSPS) is 11.2. The van der Waals surface area contributed by atoms with E-state index >= 15 is 0 Å². The van der Waals surface area contributed by atoms with Gasteiger partial charge in [0, 0.05) is 11.6 Å². The zero-order valence-electron chi connectivity index (χ0n) is 11.4. The molecule has 3 heteroatoms. The van der Waals surface area contributed by atoms with E-state index in [1.807, 2.05) is 29.8 Å². The summed E-state index contributed by atoms with van der Waals surface area (Å²) in [6.07, 6.45) is 0.741. The van der Waals surface area contributed by atoms with Crippen molar-refractivity contribution in [1.82, 2.24) is 9.78 Å². The molecule has 0 saturated heterocycles. The van der Waals surface area contributed by atoms with E-state index in [2.05, 4.69) is 31.9 Å². The molecule has 0 unspecified atom stereocenters. The number of benzene rings is 1. The third-order valence-electron chi connectivity index (χ3n) is 3.18. The Kier molecular flexibility index (Phi) is 3.41. The van der Waals surface area contributed by atoms with Crippen LogP contribution in [0.2, 0.25) is 0 Å². The van der Waals surface area contributed by atoms with Crippen molar-refractivity contribution in [3.05, 3.63) is 35.5 Å². The SMILES string of the molecule is CCc1nn(C(C)C)c(-c2ccccc2C)c1O. The van der Waals surface area contributed by atoms with E-state index in [-0.39, 0.29) is 6.04 Å². The molecule has 0 spiro atoms. The zero-order chi connectivity index (χ0) is 13.3. The second-order valence-electron chi connectivity index (χ2n) is 4.85. The van der Waals surface area contributed by atoms with Gasteiger partial charge in [-0.2, -0.15) is 5.10 Å². The highest BCUT2D eigenvalue weighted by Gasteiger charge is 2.20. The summed E-state index contributed by atoms with van der Waals surface area (Å²) in [5, 5.41) is 14.9. The maximum atomic E-state index is 10.4. The molecule has 2 aromatic rings. The molecule has 0 aliphatic rings. The van der Waals surface area contributed by atoms with Gasteiger partial charge in [-0.25, -0.2) is 0 Å². The van der Waals surface area contributed by atoms with Gasteiger partial charge in [-0.05, 0) is 32.8 Å². The van der Waals surface area contributed by atoms with E-state index in [4.69, 9.17) is 0 Å². The molecule has 0 radical (unpaired) electrons. The van der Waals surface area contributed by atoms with Crippen LogP contribution in [-0.4, -0.2) is 14.9 Å². The molecule has 1 heterocycles. The van der Waals surface area contributed by atoms with Gasteiger partial charge in [0.05, 0.1) is 0 Å². The maximum absolute atomic E-state index is 10.4. The smallest absolute Gasteiger partial charge is 0.164 e. The Bertz CT molecular complexity index is 556. The number of nitrogens with zero attached hydrogens (tertiary/aromatic N) is 2. The number of aromatic hydroxyl groups is 1. The summed E-state index contributed by atoms with van der Waals surface area (Å²) in [6.45, 7) is 8.22. The fourth-order valence-corrected chi connectivity index (χ4v) is 2.17. The highest BCUT2D eigenvalue weighted by atomic mass is 16.3. The summed E-state index contributed by atoms with van der Waals surface area (Å²) < 4.78 is 1.91. The highest BCUT2D eigenvalue weighted by Crippen LogP contribution is 2.36. The van der Waals surface area contributed by atoms with E-state index < -0.39 is 0 Å². The average molecular weight is 244 g/mol. The first-order valence-corrected chi connectivity index (χ1v) is 6.42. The summed E-state index contributed by atoms with van der Waals surface area (Å²) in [5.74, 6) is 0.320. The van der Waals surface area contributed by atoms with E-state index in [9.17, 15) is 5.11 Å². The largest absolute Gasteiger partial charge is 0.504 e. The van der Waals surface area contributed by atoms with Crippen LogP contribution in [0.25, 0.3) is 11.3 Å². The quantitative estimate of drug-likeness (QED) is 0.893. The maximum Gasteiger partial charge on any atom is 0.164 e. The number of hydrogen-bond donors (Lipinski definition) is 1. The van der Waals surface area contributed by atoms with Crippen LogP contribution in [0.15, 0.2) is 24.3 Å². The summed E-state index contributed by atoms with van der Waals surface area (Å²) in [5.41, 5.74) is 3.80. The second-order valence-corrected chi connectivity index (χ2v) is 4.85. The number of aryl methyl sites for hydroxylation is 2. The third-order valence-corrected chi connectivity index (χ3v) is 3.18. The minimum Gasteiger partial charge on any atom is -0.504 e. The minimum absolute atomic E-state index is 0.228. The number of aromatic nitrogens is 2. The topological polar surface area (TPSA) is 38.0 Å². The molecule has 96 valence electrons. The van der Waals surface area contributed by atoms with Gasteiger partial charge in [0.15, 0.2) is 5.75 Å². The molecule has 2 rings (SSSR count). The lowest BCUT2D eigenvalue weighted by Gasteiger charge is -2.12. The molecule has 1 N–H and O–H groups in total. The van der Waals surface area contributed by atoms with Gasteiger partial charge in [0.2, 0.25) is 0 Å². The Morgan fingerprint density at radius 1 is 1.28 bits per heavy atom. The van der Waals surface area contributed by atoms with Crippen LogP contribution in [0.4, 0.5) is 0 Å². The van der Waals surface area contributed by atoms with Gasteiger partial charge in [-0.15, -0.1) is 0 Å². The lowest BCUT2D eigenvalue weighted by Crippen LogP contribution is -2.05. The molecule has 0 saturated carbocycles. The summed E-state index contributed by atoms with van der Waals surface area (Å²) in [4.78, 5) is 0. The van der Waals surface area contributed by atoms with E-state index in [0.29, 0.717) is 5.75 Å². The number of hydrogen-bond acceptors (Lipinski definition) is 2. The van der Waals surface area contributed by atoms with Crippen LogP contribution in [0.5, 0.6) is 5.75 Å². The van der Waals surface area contributed by atoms with Crippen molar-refractivity contribution in [1.29, 1.82) is 0 Å². The first-order chi connectivity index (χ1) is 8.56. The van der Waals surface area contributed by atoms with Crippen molar-refractivity contribution in [2.24, 2.45) is 0 Å². The molecule has 0 fully saturated rings. The fourth-order valence-electron chi connectivity index (χ4n) is 2.17. The Balaban J connectivity index is 2.70. The van der Waals surface area contributed by atoms with Crippen LogP contribution in [0, 0.1) is 6.92 Å². The molecule has 0 atom stereocenters. The van der Waals surface area contributed by atoms with E-state index in [1.165, 1.54) is 0 Å². The zero-order valence-corrected chi connectivity index (χ0v) is 11.4.